The predicted octanol–water partition coefficient (Wildman–Crippen LogP) is 5.15. The number of nitrogens with one attached hydrogen (secondary N) is 2. The van der Waals surface area contributed by atoms with E-state index in [1.54, 1.807) is 30.3 Å². The number of hydrogen-bond acceptors (Lipinski definition) is 5. The summed E-state index contributed by atoms with van der Waals surface area (Å²) < 4.78 is 11.0. The van der Waals surface area contributed by atoms with Crippen molar-refractivity contribution in [1.82, 2.24) is 5.32 Å². The minimum Gasteiger partial charge on any atom is -0.493 e. The van der Waals surface area contributed by atoms with Gasteiger partial charge in [0.05, 0.1) is 18.2 Å². The van der Waals surface area contributed by atoms with Crippen LogP contribution in [0.25, 0.3) is 6.08 Å². The molecule has 3 rings (SSSR count). The molecule has 0 saturated heterocycles. The summed E-state index contributed by atoms with van der Waals surface area (Å²) in [6.45, 7) is 1.55. The van der Waals surface area contributed by atoms with Gasteiger partial charge in [0.15, 0.2) is 18.1 Å². The van der Waals surface area contributed by atoms with Gasteiger partial charge in [0.1, 0.15) is 11.6 Å². The summed E-state index contributed by atoms with van der Waals surface area (Å²) in [5, 5.41) is 15.2. The summed E-state index contributed by atoms with van der Waals surface area (Å²) in [4.78, 5) is 24.9. The summed E-state index contributed by atoms with van der Waals surface area (Å²) >= 11 is 6.38. The Labute approximate surface area is 208 Å². The van der Waals surface area contributed by atoms with E-state index < -0.39 is 5.91 Å². The van der Waals surface area contributed by atoms with E-state index in [0.717, 1.165) is 5.56 Å². The van der Waals surface area contributed by atoms with E-state index in [9.17, 15) is 14.9 Å². The number of ether oxygens (including phenoxy) is 2. The van der Waals surface area contributed by atoms with Crippen LogP contribution in [0.3, 0.4) is 0 Å². The van der Waals surface area contributed by atoms with Crippen molar-refractivity contribution in [3.05, 3.63) is 94.5 Å². The van der Waals surface area contributed by atoms with Crippen molar-refractivity contribution < 1.29 is 19.1 Å². The third-order valence-corrected chi connectivity index (χ3v) is 5.26. The minimum absolute atomic E-state index is 0.0955. The molecule has 0 saturated carbocycles. The smallest absolute Gasteiger partial charge is 0.262 e. The Morgan fingerprint density at radius 2 is 1.74 bits per heavy atom. The molecule has 0 aliphatic rings. The van der Waals surface area contributed by atoms with Gasteiger partial charge in [-0.2, -0.15) is 5.26 Å². The van der Waals surface area contributed by atoms with Crippen LogP contribution < -0.4 is 20.1 Å². The number of anilines is 1. The molecule has 2 N–H and O–H groups in total. The summed E-state index contributed by atoms with van der Waals surface area (Å²) in [7, 11) is 1.43. The van der Waals surface area contributed by atoms with E-state index in [0.29, 0.717) is 11.3 Å². The van der Waals surface area contributed by atoms with Gasteiger partial charge in [-0.1, -0.05) is 60.1 Å². The van der Waals surface area contributed by atoms with E-state index in [1.807, 2.05) is 49.4 Å². The largest absolute Gasteiger partial charge is 0.493 e. The molecular weight excluding hydrogens is 466 g/mol. The fourth-order valence-electron chi connectivity index (χ4n) is 3.23. The third-order valence-electron chi connectivity index (χ3n) is 4.98. The van der Waals surface area contributed by atoms with Gasteiger partial charge in [-0.3, -0.25) is 9.59 Å². The molecule has 0 aliphatic heterocycles. The Kier molecular flexibility index (Phi) is 8.88. The van der Waals surface area contributed by atoms with Crippen molar-refractivity contribution in [2.24, 2.45) is 0 Å². The van der Waals surface area contributed by atoms with Crippen LogP contribution in [-0.2, 0) is 9.59 Å². The molecule has 0 fully saturated rings. The van der Waals surface area contributed by atoms with E-state index in [2.05, 4.69) is 10.6 Å². The number of para-hydroxylation sites is 1. The van der Waals surface area contributed by atoms with E-state index in [-0.39, 0.29) is 40.7 Å². The number of rotatable bonds is 9. The maximum absolute atomic E-state index is 12.7. The highest BCUT2D eigenvalue weighted by Gasteiger charge is 2.17. The fourth-order valence-corrected chi connectivity index (χ4v) is 3.51. The molecule has 0 aliphatic carbocycles. The van der Waals surface area contributed by atoms with Crippen LogP contribution >= 0.6 is 11.6 Å². The lowest BCUT2D eigenvalue weighted by molar-refractivity contribution is -0.118. The molecule has 35 heavy (non-hydrogen) atoms. The number of amides is 2. The topological polar surface area (TPSA) is 100 Å². The number of carbonyl (C=O) groups excluding carboxylic acids is 2. The number of methoxy groups -OCH3 is 1. The number of carbonyl (C=O) groups is 2. The zero-order valence-electron chi connectivity index (χ0n) is 19.2. The van der Waals surface area contributed by atoms with Crippen LogP contribution in [0, 0.1) is 11.3 Å². The van der Waals surface area contributed by atoms with Gasteiger partial charge < -0.3 is 20.1 Å². The van der Waals surface area contributed by atoms with E-state index in [1.165, 1.54) is 19.3 Å². The molecule has 0 heterocycles. The SMILES string of the molecule is COc1cc(/C=C(/C#N)C(=O)N[C@H](C)c2ccccc2)cc(Cl)c1OCC(=O)Nc1ccccc1. The summed E-state index contributed by atoms with van der Waals surface area (Å²) in [5.41, 5.74) is 1.93. The van der Waals surface area contributed by atoms with Gasteiger partial charge >= 0.3 is 0 Å². The van der Waals surface area contributed by atoms with Crippen LogP contribution in [0.2, 0.25) is 5.02 Å². The first kappa shape index (κ1) is 25.3. The minimum atomic E-state index is -0.517. The first-order chi connectivity index (χ1) is 16.9. The molecule has 0 spiro atoms. The molecule has 3 aromatic carbocycles. The van der Waals surface area contributed by atoms with E-state index in [4.69, 9.17) is 21.1 Å². The molecule has 0 radical (unpaired) electrons. The normalized spacial score (nSPS) is 11.7. The Bertz CT molecular complexity index is 1250. The molecule has 0 unspecified atom stereocenters. The summed E-state index contributed by atoms with van der Waals surface area (Å²) in [5.74, 6) is -0.451. The Morgan fingerprint density at radius 1 is 1.09 bits per heavy atom. The fraction of sp³-hybridized carbons (Fsp3) is 0.148. The Hall–Kier alpha value is -4.28. The van der Waals surface area contributed by atoms with Crippen molar-refractivity contribution >= 4 is 35.2 Å². The van der Waals surface area contributed by atoms with Crippen LogP contribution in [0.15, 0.2) is 78.4 Å². The summed E-state index contributed by atoms with van der Waals surface area (Å²) in [6.07, 6.45) is 1.41. The maximum Gasteiger partial charge on any atom is 0.262 e. The van der Waals surface area contributed by atoms with Gasteiger partial charge in [0, 0.05) is 5.69 Å². The van der Waals surface area contributed by atoms with Crippen LogP contribution in [0.4, 0.5) is 5.69 Å². The lowest BCUT2D eigenvalue weighted by Crippen LogP contribution is -2.27. The van der Waals surface area contributed by atoms with Crippen molar-refractivity contribution in [3.63, 3.8) is 0 Å². The standard InChI is InChI=1S/C27H24ClN3O4/c1-18(20-9-5-3-6-10-20)30-27(33)21(16-29)13-19-14-23(28)26(24(15-19)34-2)35-17-25(32)31-22-11-7-4-8-12-22/h3-15,18H,17H2,1-2H3,(H,30,33)(H,31,32)/b21-13-/t18-/m1/s1. The van der Waals surface area contributed by atoms with Gasteiger partial charge in [-0.15, -0.1) is 0 Å². The molecule has 3 aromatic rings. The van der Waals surface area contributed by atoms with Gasteiger partial charge in [0.2, 0.25) is 0 Å². The quantitative estimate of drug-likeness (QED) is 0.320. The number of benzene rings is 3. The highest BCUT2D eigenvalue weighted by Crippen LogP contribution is 2.37. The average molecular weight is 490 g/mol. The predicted molar refractivity (Wildman–Crippen MR) is 135 cm³/mol. The van der Waals surface area contributed by atoms with Crippen LogP contribution in [0.1, 0.15) is 24.1 Å². The first-order valence-corrected chi connectivity index (χ1v) is 11.1. The molecule has 1 atom stereocenters. The molecule has 0 aromatic heterocycles. The van der Waals surface area contributed by atoms with Crippen molar-refractivity contribution in [1.29, 1.82) is 5.26 Å². The number of nitriles is 1. The van der Waals surface area contributed by atoms with Gasteiger partial charge in [-0.05, 0) is 48.4 Å². The van der Waals surface area contributed by atoms with Gasteiger partial charge in [0.25, 0.3) is 11.8 Å². The van der Waals surface area contributed by atoms with E-state index >= 15 is 0 Å². The highest BCUT2D eigenvalue weighted by molar-refractivity contribution is 6.32. The number of nitrogens with zero attached hydrogens (tertiary/aromatic N) is 1. The molecule has 178 valence electrons. The number of hydrogen-bond donors (Lipinski definition) is 2. The second-order valence-electron chi connectivity index (χ2n) is 7.51. The zero-order valence-corrected chi connectivity index (χ0v) is 20.0. The average Bonchev–Trinajstić information content (AvgIpc) is 2.87. The lowest BCUT2D eigenvalue weighted by atomic mass is 10.1. The zero-order chi connectivity index (χ0) is 25.2. The highest BCUT2D eigenvalue weighted by atomic mass is 35.5. The second kappa shape index (κ2) is 12.3. The first-order valence-electron chi connectivity index (χ1n) is 10.7. The van der Waals surface area contributed by atoms with Crippen molar-refractivity contribution in [2.75, 3.05) is 19.0 Å². The Balaban J connectivity index is 1.72. The second-order valence-corrected chi connectivity index (χ2v) is 7.92. The molecule has 0 bridgehead atoms. The third kappa shape index (κ3) is 7.10. The molecule has 7 nitrogen and oxygen atoms in total. The summed E-state index contributed by atoms with van der Waals surface area (Å²) in [6, 6.07) is 23.1. The maximum atomic E-state index is 12.7. The van der Waals surface area contributed by atoms with Crippen molar-refractivity contribution in [2.45, 2.75) is 13.0 Å². The molecule has 2 amide bonds. The number of halogens is 1. The molecular formula is C27H24ClN3O4. The van der Waals surface area contributed by atoms with Gasteiger partial charge in [-0.25, -0.2) is 0 Å². The Morgan fingerprint density at radius 3 is 2.37 bits per heavy atom. The monoisotopic (exact) mass is 489 g/mol. The van der Waals surface area contributed by atoms with Crippen molar-refractivity contribution in [3.8, 4) is 17.6 Å². The lowest BCUT2D eigenvalue weighted by Gasteiger charge is -2.15. The van der Waals surface area contributed by atoms with Crippen LogP contribution in [-0.4, -0.2) is 25.5 Å². The van der Waals surface area contributed by atoms with Crippen LogP contribution in [0.5, 0.6) is 11.5 Å². The molecule has 8 heteroatoms.